The molecule has 1 heterocycles. The monoisotopic (exact) mass is 273 g/mol. The predicted octanol–water partition coefficient (Wildman–Crippen LogP) is 2.21. The largest absolute Gasteiger partial charge is 0.494 e. The van der Waals surface area contributed by atoms with E-state index >= 15 is 0 Å². The number of hydrogen-bond donors (Lipinski definition) is 2. The lowest BCUT2D eigenvalue weighted by Crippen LogP contribution is -2.17. The zero-order chi connectivity index (χ0) is 13.9. The molecule has 0 unspecified atom stereocenters. The van der Waals surface area contributed by atoms with Gasteiger partial charge in [-0.25, -0.2) is 9.97 Å². The fourth-order valence-electron chi connectivity index (χ4n) is 2.91. The van der Waals surface area contributed by atoms with Crippen molar-refractivity contribution in [1.29, 1.82) is 0 Å². The van der Waals surface area contributed by atoms with Gasteiger partial charge in [-0.1, -0.05) is 6.07 Å². The van der Waals surface area contributed by atoms with Crippen molar-refractivity contribution in [3.63, 3.8) is 0 Å². The molecule has 2 atom stereocenters. The maximum Gasteiger partial charge on any atom is 0.145 e. The van der Waals surface area contributed by atoms with E-state index in [9.17, 15) is 5.11 Å². The number of aliphatic hydroxyl groups is 1. The van der Waals surface area contributed by atoms with Crippen LogP contribution in [0.2, 0.25) is 0 Å². The Kier molecular flexibility index (Phi) is 3.69. The molecule has 5 heteroatoms. The van der Waals surface area contributed by atoms with Crippen molar-refractivity contribution in [2.75, 3.05) is 19.0 Å². The van der Waals surface area contributed by atoms with Crippen LogP contribution in [0.25, 0.3) is 10.9 Å². The fourth-order valence-corrected chi connectivity index (χ4v) is 2.91. The number of aromatic nitrogens is 2. The molecular formula is C15H19N3O2. The number of hydrogen-bond acceptors (Lipinski definition) is 5. The van der Waals surface area contributed by atoms with Crippen LogP contribution in [0.5, 0.6) is 5.75 Å². The number of nitrogens with zero attached hydrogens (tertiary/aromatic N) is 2. The van der Waals surface area contributed by atoms with E-state index in [1.165, 1.54) is 0 Å². The maximum atomic E-state index is 9.22. The van der Waals surface area contributed by atoms with Gasteiger partial charge in [0.15, 0.2) is 0 Å². The molecule has 0 saturated heterocycles. The van der Waals surface area contributed by atoms with Gasteiger partial charge >= 0.3 is 0 Å². The Balaban J connectivity index is 1.88. The van der Waals surface area contributed by atoms with Gasteiger partial charge in [-0.05, 0) is 37.3 Å². The van der Waals surface area contributed by atoms with Gasteiger partial charge in [0, 0.05) is 18.0 Å². The fraction of sp³-hybridized carbons (Fsp3) is 0.467. The minimum absolute atomic E-state index is 0.274. The molecule has 106 valence electrons. The lowest BCUT2D eigenvalue weighted by molar-refractivity contribution is 0.229. The predicted molar refractivity (Wildman–Crippen MR) is 77.9 cm³/mol. The van der Waals surface area contributed by atoms with E-state index in [1.807, 2.05) is 18.2 Å². The standard InChI is InChI=1S/C15H19N3O2/c1-20-13-4-2-3-12-14(13)16-9-17-15(12)18-11-6-5-10(7-11)8-19/h2-4,9-11,19H,5-8H2,1H3,(H,16,17,18)/t10-,11+/m1/s1. The highest BCUT2D eigenvalue weighted by Crippen LogP contribution is 2.31. The van der Waals surface area contributed by atoms with Gasteiger partial charge in [-0.15, -0.1) is 0 Å². The van der Waals surface area contributed by atoms with Gasteiger partial charge in [-0.3, -0.25) is 0 Å². The zero-order valence-electron chi connectivity index (χ0n) is 11.5. The molecule has 5 nitrogen and oxygen atoms in total. The van der Waals surface area contributed by atoms with Crippen molar-refractivity contribution in [2.45, 2.75) is 25.3 Å². The number of nitrogens with one attached hydrogen (secondary N) is 1. The van der Waals surface area contributed by atoms with Crippen molar-refractivity contribution in [1.82, 2.24) is 9.97 Å². The highest BCUT2D eigenvalue weighted by molar-refractivity contribution is 5.92. The molecule has 3 rings (SSSR count). The second kappa shape index (κ2) is 5.63. The van der Waals surface area contributed by atoms with Crippen molar-refractivity contribution < 1.29 is 9.84 Å². The summed E-state index contributed by atoms with van der Waals surface area (Å²) in [5.74, 6) is 2.01. The first-order valence-electron chi connectivity index (χ1n) is 6.97. The van der Waals surface area contributed by atoms with Crippen LogP contribution in [0.15, 0.2) is 24.5 Å². The number of rotatable bonds is 4. The summed E-state index contributed by atoms with van der Waals surface area (Å²) in [6.07, 6.45) is 4.69. The SMILES string of the molecule is COc1cccc2c(N[C@H]3CC[C@@H](CO)C3)ncnc12. The molecule has 0 radical (unpaired) electrons. The number of ether oxygens (including phenoxy) is 1. The van der Waals surface area contributed by atoms with Crippen LogP contribution in [0.1, 0.15) is 19.3 Å². The van der Waals surface area contributed by atoms with Gasteiger partial charge in [0.1, 0.15) is 23.4 Å². The highest BCUT2D eigenvalue weighted by atomic mass is 16.5. The Bertz CT molecular complexity index is 603. The van der Waals surface area contributed by atoms with Crippen molar-refractivity contribution in [3.8, 4) is 5.75 Å². The summed E-state index contributed by atoms with van der Waals surface area (Å²) in [7, 11) is 1.65. The van der Waals surface area contributed by atoms with Crippen LogP contribution in [-0.4, -0.2) is 34.8 Å². The first-order valence-corrected chi connectivity index (χ1v) is 6.97. The molecule has 1 aliphatic carbocycles. The molecule has 0 spiro atoms. The Morgan fingerprint density at radius 1 is 1.35 bits per heavy atom. The number of anilines is 1. The zero-order valence-corrected chi connectivity index (χ0v) is 11.5. The summed E-state index contributed by atoms with van der Waals surface area (Å²) in [6, 6.07) is 6.21. The molecule has 0 aliphatic heterocycles. The Hall–Kier alpha value is -1.88. The van der Waals surface area contributed by atoms with Crippen LogP contribution in [0, 0.1) is 5.92 Å². The number of benzene rings is 1. The van der Waals surface area contributed by atoms with Crippen molar-refractivity contribution >= 4 is 16.7 Å². The van der Waals surface area contributed by atoms with Gasteiger partial charge in [0.05, 0.1) is 7.11 Å². The number of para-hydroxylation sites is 1. The molecule has 1 fully saturated rings. The average Bonchev–Trinajstić information content (AvgIpc) is 2.95. The van der Waals surface area contributed by atoms with E-state index in [1.54, 1.807) is 13.4 Å². The molecule has 2 N–H and O–H groups in total. The summed E-state index contributed by atoms with van der Waals surface area (Å²) < 4.78 is 5.34. The third-order valence-electron chi connectivity index (χ3n) is 3.99. The maximum absolute atomic E-state index is 9.22. The van der Waals surface area contributed by atoms with Crippen LogP contribution in [-0.2, 0) is 0 Å². The second-order valence-electron chi connectivity index (χ2n) is 5.28. The quantitative estimate of drug-likeness (QED) is 0.894. The van der Waals surface area contributed by atoms with Gasteiger partial charge in [0.25, 0.3) is 0 Å². The van der Waals surface area contributed by atoms with Crippen LogP contribution in [0.3, 0.4) is 0 Å². The molecule has 2 aromatic rings. The molecule has 20 heavy (non-hydrogen) atoms. The van der Waals surface area contributed by atoms with Crippen LogP contribution < -0.4 is 10.1 Å². The smallest absolute Gasteiger partial charge is 0.145 e. The molecule has 1 aromatic carbocycles. The first-order chi connectivity index (χ1) is 9.81. The minimum Gasteiger partial charge on any atom is -0.494 e. The third kappa shape index (κ3) is 2.41. The van der Waals surface area contributed by atoms with E-state index in [2.05, 4.69) is 15.3 Å². The van der Waals surface area contributed by atoms with E-state index in [4.69, 9.17) is 4.74 Å². The van der Waals surface area contributed by atoms with E-state index in [0.29, 0.717) is 12.0 Å². The van der Waals surface area contributed by atoms with E-state index < -0.39 is 0 Å². The number of methoxy groups -OCH3 is 1. The molecule has 0 amide bonds. The third-order valence-corrected chi connectivity index (χ3v) is 3.99. The van der Waals surface area contributed by atoms with Gasteiger partial charge in [-0.2, -0.15) is 0 Å². The number of fused-ring (bicyclic) bond motifs is 1. The first kappa shape index (κ1) is 13.1. The summed E-state index contributed by atoms with van der Waals surface area (Å²) in [5.41, 5.74) is 0.823. The lowest BCUT2D eigenvalue weighted by Gasteiger charge is -2.15. The second-order valence-corrected chi connectivity index (χ2v) is 5.28. The van der Waals surface area contributed by atoms with Crippen LogP contribution in [0.4, 0.5) is 5.82 Å². The van der Waals surface area contributed by atoms with E-state index in [-0.39, 0.29) is 6.61 Å². The van der Waals surface area contributed by atoms with Crippen LogP contribution >= 0.6 is 0 Å². The summed E-state index contributed by atoms with van der Waals surface area (Å²) in [4.78, 5) is 8.66. The molecule has 1 saturated carbocycles. The Labute approximate surface area is 118 Å². The normalized spacial score (nSPS) is 22.1. The molecule has 1 aliphatic rings. The van der Waals surface area contributed by atoms with Crippen molar-refractivity contribution in [3.05, 3.63) is 24.5 Å². The van der Waals surface area contributed by atoms with Crippen molar-refractivity contribution in [2.24, 2.45) is 5.92 Å². The highest BCUT2D eigenvalue weighted by Gasteiger charge is 2.24. The Morgan fingerprint density at radius 2 is 2.25 bits per heavy atom. The number of aliphatic hydroxyl groups excluding tert-OH is 1. The van der Waals surface area contributed by atoms with Gasteiger partial charge in [0.2, 0.25) is 0 Å². The molecule has 0 bridgehead atoms. The molecule has 1 aromatic heterocycles. The molecular weight excluding hydrogens is 254 g/mol. The van der Waals surface area contributed by atoms with Gasteiger partial charge < -0.3 is 15.2 Å². The lowest BCUT2D eigenvalue weighted by atomic mass is 10.1. The topological polar surface area (TPSA) is 67.3 Å². The summed E-state index contributed by atoms with van der Waals surface area (Å²) in [5, 5.41) is 13.7. The van der Waals surface area contributed by atoms with E-state index in [0.717, 1.165) is 41.7 Å². The Morgan fingerprint density at radius 3 is 3.00 bits per heavy atom. The summed E-state index contributed by atoms with van der Waals surface area (Å²) >= 11 is 0. The minimum atomic E-state index is 0.274. The average molecular weight is 273 g/mol. The summed E-state index contributed by atoms with van der Waals surface area (Å²) in [6.45, 7) is 0.274.